The summed E-state index contributed by atoms with van der Waals surface area (Å²) in [7, 11) is -3.34. The summed E-state index contributed by atoms with van der Waals surface area (Å²) >= 11 is 1.36. The lowest BCUT2D eigenvalue weighted by Crippen LogP contribution is -2.30. The minimum Gasteiger partial charge on any atom is -0.310 e. The van der Waals surface area contributed by atoms with Crippen molar-refractivity contribution in [2.45, 2.75) is 56.3 Å². The van der Waals surface area contributed by atoms with Gasteiger partial charge in [-0.2, -0.15) is 0 Å². The molecule has 0 bridgehead atoms. The zero-order valence-electron chi connectivity index (χ0n) is 12.7. The van der Waals surface area contributed by atoms with Gasteiger partial charge in [0, 0.05) is 24.0 Å². The smallest absolute Gasteiger partial charge is 0.250 e. The Morgan fingerprint density at radius 3 is 2.62 bits per heavy atom. The molecule has 1 aromatic rings. The molecule has 0 atom stereocenters. The van der Waals surface area contributed by atoms with Crippen molar-refractivity contribution >= 4 is 21.4 Å². The van der Waals surface area contributed by atoms with E-state index in [2.05, 4.69) is 23.9 Å². The second kappa shape index (κ2) is 5.65. The molecule has 1 heterocycles. The van der Waals surface area contributed by atoms with Crippen molar-refractivity contribution < 1.29 is 8.42 Å². The first-order valence-corrected chi connectivity index (χ1v) is 10.0. The van der Waals surface area contributed by atoms with Gasteiger partial charge < -0.3 is 5.32 Å². The van der Waals surface area contributed by atoms with E-state index in [1.807, 2.05) is 6.07 Å². The molecule has 0 spiro atoms. The van der Waals surface area contributed by atoms with Gasteiger partial charge in [-0.25, -0.2) is 13.1 Å². The van der Waals surface area contributed by atoms with E-state index in [1.54, 1.807) is 6.07 Å². The second-order valence-electron chi connectivity index (χ2n) is 6.72. The summed E-state index contributed by atoms with van der Waals surface area (Å²) in [5.74, 6) is 0.773. The Bertz CT molecular complexity index is 599. The normalized spacial score (nSPS) is 20.9. The van der Waals surface area contributed by atoms with Crippen LogP contribution in [0, 0.1) is 11.3 Å². The van der Waals surface area contributed by atoms with Gasteiger partial charge in [0.05, 0.1) is 0 Å². The molecule has 118 valence electrons. The summed E-state index contributed by atoms with van der Waals surface area (Å²) < 4.78 is 28.0. The van der Waals surface area contributed by atoms with Crippen LogP contribution in [0.4, 0.5) is 0 Å². The molecule has 1 aromatic heterocycles. The summed E-state index contributed by atoms with van der Waals surface area (Å²) in [6, 6.07) is 4.03. The molecule has 3 rings (SSSR count). The maximum Gasteiger partial charge on any atom is 0.250 e. The molecule has 0 unspecified atom stereocenters. The Morgan fingerprint density at radius 2 is 2.05 bits per heavy atom. The van der Waals surface area contributed by atoms with Crippen LogP contribution in [0.2, 0.25) is 0 Å². The van der Waals surface area contributed by atoms with E-state index in [0.29, 0.717) is 22.2 Å². The van der Waals surface area contributed by atoms with Gasteiger partial charge >= 0.3 is 0 Å². The standard InChI is InChI=1S/C15H24N2O2S2/c1-11(2)16-9-13-5-6-14(20-13)21(18,19)17-10-15(7-8-15)12-3-4-12/h5-6,11-12,16-17H,3-4,7-10H2,1-2H3. The van der Waals surface area contributed by atoms with Crippen LogP contribution in [-0.4, -0.2) is 21.0 Å². The van der Waals surface area contributed by atoms with E-state index < -0.39 is 10.0 Å². The van der Waals surface area contributed by atoms with Gasteiger partial charge in [-0.15, -0.1) is 11.3 Å². The topological polar surface area (TPSA) is 58.2 Å². The van der Waals surface area contributed by atoms with Gasteiger partial charge in [0.1, 0.15) is 4.21 Å². The summed E-state index contributed by atoms with van der Waals surface area (Å²) in [5.41, 5.74) is 0.298. The SMILES string of the molecule is CC(C)NCc1ccc(S(=O)(=O)NCC2(C3CC3)CC2)s1. The maximum atomic E-state index is 12.4. The van der Waals surface area contributed by atoms with Crippen molar-refractivity contribution in [2.75, 3.05) is 6.54 Å². The monoisotopic (exact) mass is 328 g/mol. The van der Waals surface area contributed by atoms with Crippen LogP contribution in [0.1, 0.15) is 44.4 Å². The Kier molecular flexibility index (Phi) is 4.16. The Morgan fingerprint density at radius 1 is 1.33 bits per heavy atom. The third kappa shape index (κ3) is 3.67. The first kappa shape index (κ1) is 15.5. The Hall–Kier alpha value is -0.430. The van der Waals surface area contributed by atoms with Gasteiger partial charge in [0.2, 0.25) is 10.0 Å². The van der Waals surface area contributed by atoms with E-state index in [0.717, 1.165) is 17.3 Å². The first-order valence-electron chi connectivity index (χ1n) is 7.73. The average molecular weight is 329 g/mol. The van der Waals surface area contributed by atoms with Crippen LogP contribution in [-0.2, 0) is 16.6 Å². The molecule has 4 nitrogen and oxygen atoms in total. The first-order chi connectivity index (χ1) is 9.91. The van der Waals surface area contributed by atoms with E-state index in [1.165, 1.54) is 37.0 Å². The van der Waals surface area contributed by atoms with Gasteiger partial charge in [0.25, 0.3) is 0 Å². The van der Waals surface area contributed by atoms with Crippen molar-refractivity contribution in [1.29, 1.82) is 0 Å². The van der Waals surface area contributed by atoms with Crippen molar-refractivity contribution in [3.8, 4) is 0 Å². The van der Waals surface area contributed by atoms with Crippen LogP contribution in [0.25, 0.3) is 0 Å². The lowest BCUT2D eigenvalue weighted by molar-refractivity contribution is 0.432. The third-order valence-electron chi connectivity index (χ3n) is 4.54. The number of hydrogen-bond donors (Lipinski definition) is 2. The quantitative estimate of drug-likeness (QED) is 0.771. The van der Waals surface area contributed by atoms with Crippen molar-refractivity contribution in [3.05, 3.63) is 17.0 Å². The maximum absolute atomic E-state index is 12.4. The fraction of sp³-hybridized carbons (Fsp3) is 0.733. The van der Waals surface area contributed by atoms with Crippen LogP contribution >= 0.6 is 11.3 Å². The molecular weight excluding hydrogens is 304 g/mol. The Labute approximate surface area is 131 Å². The minimum absolute atomic E-state index is 0.298. The number of nitrogens with one attached hydrogen (secondary N) is 2. The molecule has 2 aliphatic rings. The van der Waals surface area contributed by atoms with Gasteiger partial charge in [0.15, 0.2) is 0 Å². The summed E-state index contributed by atoms with van der Waals surface area (Å²) in [6.07, 6.45) is 4.94. The summed E-state index contributed by atoms with van der Waals surface area (Å²) in [5, 5.41) is 3.31. The Balaban J connectivity index is 1.59. The molecule has 0 aromatic carbocycles. The molecule has 21 heavy (non-hydrogen) atoms. The zero-order valence-corrected chi connectivity index (χ0v) is 14.3. The lowest BCUT2D eigenvalue weighted by Gasteiger charge is -2.14. The third-order valence-corrected chi connectivity index (χ3v) is 7.51. The highest BCUT2D eigenvalue weighted by molar-refractivity contribution is 7.91. The average Bonchev–Trinajstić information content (AvgIpc) is 3.32. The molecule has 0 amide bonds. The van der Waals surface area contributed by atoms with Crippen molar-refractivity contribution in [3.63, 3.8) is 0 Å². The van der Waals surface area contributed by atoms with E-state index in [4.69, 9.17) is 0 Å². The van der Waals surface area contributed by atoms with Crippen LogP contribution in [0.3, 0.4) is 0 Å². The highest BCUT2D eigenvalue weighted by atomic mass is 32.2. The van der Waals surface area contributed by atoms with E-state index >= 15 is 0 Å². The molecular formula is C15H24N2O2S2. The summed E-state index contributed by atoms with van der Waals surface area (Å²) in [6.45, 7) is 5.51. The molecule has 0 saturated heterocycles. The second-order valence-corrected chi connectivity index (χ2v) is 9.88. The van der Waals surface area contributed by atoms with Gasteiger partial charge in [-0.05, 0) is 49.1 Å². The fourth-order valence-electron chi connectivity index (χ4n) is 2.80. The predicted molar refractivity (Wildman–Crippen MR) is 85.9 cm³/mol. The van der Waals surface area contributed by atoms with Crippen molar-refractivity contribution in [1.82, 2.24) is 10.0 Å². The molecule has 2 aliphatic carbocycles. The molecule has 2 fully saturated rings. The molecule has 0 aliphatic heterocycles. The minimum atomic E-state index is -3.34. The number of thiophene rings is 1. The molecule has 2 saturated carbocycles. The zero-order chi connectivity index (χ0) is 15.1. The number of rotatable bonds is 8. The fourth-order valence-corrected chi connectivity index (χ4v) is 5.29. The van der Waals surface area contributed by atoms with Crippen LogP contribution < -0.4 is 10.0 Å². The summed E-state index contributed by atoms with van der Waals surface area (Å²) in [4.78, 5) is 1.06. The molecule has 6 heteroatoms. The highest BCUT2D eigenvalue weighted by Crippen LogP contribution is 2.60. The van der Waals surface area contributed by atoms with Crippen molar-refractivity contribution in [2.24, 2.45) is 11.3 Å². The number of sulfonamides is 1. The predicted octanol–water partition coefficient (Wildman–Crippen LogP) is 2.71. The van der Waals surface area contributed by atoms with Crippen LogP contribution in [0.15, 0.2) is 16.3 Å². The van der Waals surface area contributed by atoms with Gasteiger partial charge in [-0.1, -0.05) is 13.8 Å². The number of hydrogen-bond acceptors (Lipinski definition) is 4. The molecule has 2 N–H and O–H groups in total. The highest BCUT2D eigenvalue weighted by Gasteiger charge is 2.53. The lowest BCUT2D eigenvalue weighted by atomic mass is 10.0. The van der Waals surface area contributed by atoms with Crippen LogP contribution in [0.5, 0.6) is 0 Å². The van der Waals surface area contributed by atoms with Gasteiger partial charge in [-0.3, -0.25) is 0 Å². The largest absolute Gasteiger partial charge is 0.310 e. The van der Waals surface area contributed by atoms with E-state index in [9.17, 15) is 8.42 Å². The van der Waals surface area contributed by atoms with E-state index in [-0.39, 0.29) is 0 Å². The molecule has 0 radical (unpaired) electrons.